The van der Waals surface area contributed by atoms with E-state index in [9.17, 15) is 14.7 Å². The summed E-state index contributed by atoms with van der Waals surface area (Å²) in [6.07, 6.45) is 0.445. The number of phenolic OH excluding ortho intramolecular Hbond substituents is 1. The molecule has 1 aliphatic rings. The Kier molecular flexibility index (Phi) is 4.14. The highest BCUT2D eigenvalue weighted by Crippen LogP contribution is 2.39. The van der Waals surface area contributed by atoms with Gasteiger partial charge in [-0.2, -0.15) is 0 Å². The maximum Gasteiger partial charge on any atom is 0.201 e. The minimum absolute atomic E-state index is 0.0507. The van der Waals surface area contributed by atoms with Crippen molar-refractivity contribution in [2.75, 3.05) is 7.11 Å². The van der Waals surface area contributed by atoms with Crippen LogP contribution in [-0.2, 0) is 6.42 Å². The third kappa shape index (κ3) is 2.61. The predicted octanol–water partition coefficient (Wildman–Crippen LogP) is 4.92. The van der Waals surface area contributed by atoms with Crippen LogP contribution in [0.4, 0.5) is 0 Å². The number of aromatic hydroxyl groups is 1. The van der Waals surface area contributed by atoms with E-state index in [0.29, 0.717) is 23.3 Å². The van der Waals surface area contributed by atoms with Crippen LogP contribution < -0.4 is 4.74 Å². The van der Waals surface area contributed by atoms with Gasteiger partial charge in [0.05, 0.1) is 18.2 Å². The summed E-state index contributed by atoms with van der Waals surface area (Å²) in [4.78, 5) is 26.3. The van der Waals surface area contributed by atoms with Gasteiger partial charge in [0.15, 0.2) is 5.78 Å². The molecule has 5 rings (SSSR count). The summed E-state index contributed by atoms with van der Waals surface area (Å²) in [6, 6.07) is 22.4. The predicted molar refractivity (Wildman–Crippen MR) is 115 cm³/mol. The molecule has 0 bridgehead atoms. The average molecular weight is 394 g/mol. The van der Waals surface area contributed by atoms with E-state index in [1.54, 1.807) is 30.3 Å². The molecule has 0 aliphatic heterocycles. The van der Waals surface area contributed by atoms with E-state index in [1.807, 2.05) is 42.5 Å². The number of carbonyl (C=O) groups excluding carboxylic acids is 2. The van der Waals surface area contributed by atoms with Crippen LogP contribution in [0.25, 0.3) is 10.8 Å². The normalized spacial score (nSPS) is 12.6. The van der Waals surface area contributed by atoms with E-state index in [-0.39, 0.29) is 28.2 Å². The fourth-order valence-electron chi connectivity index (χ4n) is 4.24. The number of ether oxygens (including phenoxy) is 1. The second-order valence-corrected chi connectivity index (χ2v) is 7.35. The van der Waals surface area contributed by atoms with Crippen molar-refractivity contribution >= 4 is 22.3 Å². The van der Waals surface area contributed by atoms with Gasteiger partial charge in [0.2, 0.25) is 5.78 Å². The lowest BCUT2D eigenvalue weighted by molar-refractivity contribution is 0.0974. The number of phenols is 1. The molecular weight excluding hydrogens is 376 g/mol. The molecule has 0 saturated carbocycles. The minimum atomic E-state index is -0.394. The van der Waals surface area contributed by atoms with Gasteiger partial charge in [-0.3, -0.25) is 9.59 Å². The second kappa shape index (κ2) is 6.85. The van der Waals surface area contributed by atoms with Crippen molar-refractivity contribution in [3.05, 3.63) is 106 Å². The Morgan fingerprint density at radius 2 is 1.47 bits per heavy atom. The van der Waals surface area contributed by atoms with Crippen molar-refractivity contribution in [3.63, 3.8) is 0 Å². The fourth-order valence-corrected chi connectivity index (χ4v) is 4.24. The van der Waals surface area contributed by atoms with E-state index in [1.165, 1.54) is 7.11 Å². The first-order valence-corrected chi connectivity index (χ1v) is 9.68. The molecule has 0 atom stereocenters. The van der Waals surface area contributed by atoms with Gasteiger partial charge in [-0.05, 0) is 34.0 Å². The lowest BCUT2D eigenvalue weighted by Crippen LogP contribution is -2.22. The number of fused-ring (bicyclic) bond motifs is 3. The van der Waals surface area contributed by atoms with Crippen LogP contribution in [0.1, 0.15) is 43.0 Å². The lowest BCUT2D eigenvalue weighted by Gasteiger charge is -2.21. The number of carbonyl (C=O) groups is 2. The Bertz CT molecular complexity index is 1350. The molecule has 0 aromatic heterocycles. The van der Waals surface area contributed by atoms with E-state index < -0.39 is 5.78 Å². The van der Waals surface area contributed by atoms with Crippen LogP contribution >= 0.6 is 0 Å². The van der Waals surface area contributed by atoms with E-state index in [4.69, 9.17) is 4.74 Å². The first-order chi connectivity index (χ1) is 14.6. The van der Waals surface area contributed by atoms with Crippen molar-refractivity contribution in [1.29, 1.82) is 0 Å². The van der Waals surface area contributed by atoms with Crippen molar-refractivity contribution in [1.82, 2.24) is 0 Å². The standard InChI is InChI=1S/C26H18O4/c1-30-21-11-5-10-19-22(21)26(29)23-20(25(19)28)13-12-17(24(23)27)14-16-8-4-7-15-6-2-3-9-18(15)16/h2-13,27H,14H2,1H3. The molecule has 0 saturated heterocycles. The molecule has 0 radical (unpaired) electrons. The molecule has 4 nitrogen and oxygen atoms in total. The van der Waals surface area contributed by atoms with Crippen LogP contribution in [0.15, 0.2) is 72.8 Å². The Morgan fingerprint density at radius 1 is 0.733 bits per heavy atom. The average Bonchev–Trinajstić information content (AvgIpc) is 2.78. The van der Waals surface area contributed by atoms with E-state index >= 15 is 0 Å². The van der Waals surface area contributed by atoms with Crippen LogP contribution in [-0.4, -0.2) is 23.8 Å². The number of hydrogen-bond donors (Lipinski definition) is 1. The molecule has 4 aromatic rings. The summed E-state index contributed by atoms with van der Waals surface area (Å²) in [7, 11) is 1.46. The molecule has 4 aromatic carbocycles. The van der Waals surface area contributed by atoms with Crippen molar-refractivity contribution < 1.29 is 19.4 Å². The molecule has 1 N–H and O–H groups in total. The van der Waals surface area contributed by atoms with E-state index in [2.05, 4.69) is 0 Å². The highest BCUT2D eigenvalue weighted by atomic mass is 16.5. The number of rotatable bonds is 3. The highest BCUT2D eigenvalue weighted by Gasteiger charge is 2.35. The number of ketones is 2. The summed E-state index contributed by atoms with van der Waals surface area (Å²) in [5.74, 6) is -0.495. The lowest BCUT2D eigenvalue weighted by atomic mass is 9.81. The molecule has 0 spiro atoms. The molecule has 30 heavy (non-hydrogen) atoms. The SMILES string of the molecule is COc1cccc2c1C(=O)c1c(ccc(Cc3cccc4ccccc34)c1O)C2=O. The molecule has 0 fully saturated rings. The first kappa shape index (κ1) is 18.1. The monoisotopic (exact) mass is 394 g/mol. The Hall–Kier alpha value is -3.92. The summed E-state index contributed by atoms with van der Waals surface area (Å²) < 4.78 is 5.31. The van der Waals surface area contributed by atoms with Crippen molar-refractivity contribution in [2.24, 2.45) is 0 Å². The molecule has 0 heterocycles. The summed E-state index contributed by atoms with van der Waals surface area (Å²) in [6.45, 7) is 0. The van der Waals surface area contributed by atoms with Crippen molar-refractivity contribution in [3.8, 4) is 11.5 Å². The zero-order chi connectivity index (χ0) is 20.8. The summed E-state index contributed by atoms with van der Waals surface area (Å²) in [5.41, 5.74) is 2.42. The van der Waals surface area contributed by atoms with Gasteiger partial charge in [-0.25, -0.2) is 0 Å². The Balaban J connectivity index is 1.65. The number of methoxy groups -OCH3 is 1. The molecule has 146 valence electrons. The molecule has 0 amide bonds. The minimum Gasteiger partial charge on any atom is -0.507 e. The van der Waals surface area contributed by atoms with E-state index in [0.717, 1.165) is 16.3 Å². The van der Waals surface area contributed by atoms with Crippen LogP contribution in [0.3, 0.4) is 0 Å². The van der Waals surface area contributed by atoms with Gasteiger partial charge in [0.25, 0.3) is 0 Å². The quantitative estimate of drug-likeness (QED) is 0.472. The molecular formula is C26H18O4. The maximum absolute atomic E-state index is 13.3. The smallest absolute Gasteiger partial charge is 0.201 e. The zero-order valence-corrected chi connectivity index (χ0v) is 16.3. The Labute approximate surface area is 173 Å². The van der Waals surface area contributed by atoms with Crippen LogP contribution in [0.5, 0.6) is 11.5 Å². The third-order valence-electron chi connectivity index (χ3n) is 5.71. The van der Waals surface area contributed by atoms with Crippen LogP contribution in [0, 0.1) is 0 Å². The molecule has 4 heteroatoms. The Morgan fingerprint density at radius 3 is 2.30 bits per heavy atom. The summed E-state index contributed by atoms with van der Waals surface area (Å²) in [5, 5.41) is 13.2. The van der Waals surface area contributed by atoms with Gasteiger partial charge in [-0.15, -0.1) is 0 Å². The summed E-state index contributed by atoms with van der Waals surface area (Å²) >= 11 is 0. The largest absolute Gasteiger partial charge is 0.507 e. The van der Waals surface area contributed by atoms with Crippen LogP contribution in [0.2, 0.25) is 0 Å². The second-order valence-electron chi connectivity index (χ2n) is 7.35. The highest BCUT2D eigenvalue weighted by molar-refractivity contribution is 6.30. The fraction of sp³-hybridized carbons (Fsp3) is 0.0769. The third-order valence-corrected chi connectivity index (χ3v) is 5.71. The van der Waals surface area contributed by atoms with Gasteiger partial charge < -0.3 is 9.84 Å². The number of hydrogen-bond acceptors (Lipinski definition) is 4. The van der Waals surface area contributed by atoms with Gasteiger partial charge >= 0.3 is 0 Å². The van der Waals surface area contributed by atoms with Gasteiger partial charge in [-0.1, -0.05) is 60.7 Å². The molecule has 1 aliphatic carbocycles. The zero-order valence-electron chi connectivity index (χ0n) is 16.3. The van der Waals surface area contributed by atoms with Gasteiger partial charge in [0, 0.05) is 17.5 Å². The number of benzene rings is 4. The topological polar surface area (TPSA) is 63.6 Å². The molecule has 0 unspecified atom stereocenters. The van der Waals surface area contributed by atoms with Crippen molar-refractivity contribution in [2.45, 2.75) is 6.42 Å². The maximum atomic E-state index is 13.3. The van der Waals surface area contributed by atoms with Gasteiger partial charge in [0.1, 0.15) is 11.5 Å². The first-order valence-electron chi connectivity index (χ1n) is 9.68.